The normalized spacial score (nSPS) is 13.0. The lowest BCUT2D eigenvalue weighted by Gasteiger charge is -1.98. The Bertz CT molecular complexity index is 427. The van der Waals surface area contributed by atoms with Gasteiger partial charge in [-0.1, -0.05) is 23.8 Å². The van der Waals surface area contributed by atoms with Crippen molar-refractivity contribution in [1.29, 1.82) is 0 Å². The first-order valence-electron chi connectivity index (χ1n) is 5.82. The molecule has 0 aromatic carbocycles. The number of H-pyrrole nitrogens is 1. The van der Waals surface area contributed by atoms with Gasteiger partial charge in [-0.05, 0) is 36.6 Å². The molecule has 1 aromatic rings. The van der Waals surface area contributed by atoms with Gasteiger partial charge in [-0.3, -0.25) is 0 Å². The average molecular weight is 252 g/mol. The van der Waals surface area contributed by atoms with E-state index >= 15 is 0 Å². The van der Waals surface area contributed by atoms with E-state index in [1.807, 2.05) is 25.2 Å². The fourth-order valence-electron chi connectivity index (χ4n) is 1.75. The highest BCUT2D eigenvalue weighted by Gasteiger charge is 2.10. The van der Waals surface area contributed by atoms with E-state index in [1.165, 1.54) is 16.8 Å². The maximum absolute atomic E-state index is 5.95. The molecule has 1 aliphatic carbocycles. The third kappa shape index (κ3) is 3.91. The lowest BCUT2D eigenvalue weighted by atomic mass is 10.1. The van der Waals surface area contributed by atoms with Crippen LogP contribution in [0.2, 0.25) is 0 Å². The molecule has 0 unspecified atom stereocenters. The molecule has 0 aliphatic heterocycles. The standard InChI is InChI=1S/C11H13ClN2.C3H6/c12-9-1-3-10-8(5-6-13)7-14-11(10)4-2-9;1-3-2/h1-2,4,7,14H,3,5-6,13H2;3H,1H2,2H3/p+1. The number of allylic oxidation sites excluding steroid dienone is 4. The van der Waals surface area contributed by atoms with Gasteiger partial charge in [-0.2, -0.15) is 0 Å². The third-order valence-electron chi connectivity index (χ3n) is 2.47. The van der Waals surface area contributed by atoms with Crippen molar-refractivity contribution < 1.29 is 5.73 Å². The summed E-state index contributed by atoms with van der Waals surface area (Å²) in [5, 5.41) is 0.815. The van der Waals surface area contributed by atoms with Crippen molar-refractivity contribution in [1.82, 2.24) is 4.98 Å². The number of hydrogen-bond donors (Lipinski definition) is 2. The van der Waals surface area contributed by atoms with Crippen LogP contribution >= 0.6 is 11.6 Å². The van der Waals surface area contributed by atoms with Crippen LogP contribution in [0.25, 0.3) is 6.08 Å². The summed E-state index contributed by atoms with van der Waals surface area (Å²) in [4.78, 5) is 3.27. The van der Waals surface area contributed by atoms with Crippen molar-refractivity contribution in [3.63, 3.8) is 0 Å². The monoisotopic (exact) mass is 251 g/mol. The molecule has 1 aromatic heterocycles. The number of rotatable bonds is 2. The number of aromatic amines is 1. The summed E-state index contributed by atoms with van der Waals surface area (Å²) in [6.45, 7) is 6.19. The lowest BCUT2D eigenvalue weighted by molar-refractivity contribution is -0.366. The van der Waals surface area contributed by atoms with Gasteiger partial charge in [-0.25, -0.2) is 0 Å². The number of nitrogens with one attached hydrogen (secondary N) is 1. The summed E-state index contributed by atoms with van der Waals surface area (Å²) in [6.07, 6.45) is 11.8. The average Bonchev–Trinajstić information content (AvgIpc) is 2.58. The van der Waals surface area contributed by atoms with Gasteiger partial charge < -0.3 is 10.7 Å². The zero-order valence-corrected chi connectivity index (χ0v) is 11.1. The van der Waals surface area contributed by atoms with E-state index in [-0.39, 0.29) is 0 Å². The minimum Gasteiger partial charge on any atom is -0.361 e. The molecule has 0 saturated carbocycles. The zero-order valence-electron chi connectivity index (χ0n) is 10.3. The number of quaternary nitrogens is 1. The maximum Gasteiger partial charge on any atom is 0.0781 e. The quantitative estimate of drug-likeness (QED) is 0.760. The Kier molecular flexibility index (Phi) is 5.81. The summed E-state index contributed by atoms with van der Waals surface area (Å²) in [5.74, 6) is 0. The van der Waals surface area contributed by atoms with Crippen LogP contribution in [0.3, 0.4) is 0 Å². The summed E-state index contributed by atoms with van der Waals surface area (Å²) in [5.41, 5.74) is 7.78. The van der Waals surface area contributed by atoms with Crippen molar-refractivity contribution in [3.8, 4) is 0 Å². The van der Waals surface area contributed by atoms with E-state index in [1.54, 1.807) is 6.08 Å². The molecule has 1 heterocycles. The minimum atomic E-state index is 0.815. The Hall–Kier alpha value is -1.25. The fraction of sp³-hybridized carbons (Fsp3) is 0.286. The van der Waals surface area contributed by atoms with Crippen molar-refractivity contribution in [3.05, 3.63) is 52.9 Å². The van der Waals surface area contributed by atoms with E-state index in [0.29, 0.717) is 0 Å². The van der Waals surface area contributed by atoms with Crippen molar-refractivity contribution in [2.75, 3.05) is 6.54 Å². The van der Waals surface area contributed by atoms with E-state index < -0.39 is 0 Å². The molecule has 92 valence electrons. The molecule has 4 N–H and O–H groups in total. The van der Waals surface area contributed by atoms with Crippen LogP contribution in [-0.2, 0) is 12.8 Å². The van der Waals surface area contributed by atoms with E-state index in [9.17, 15) is 0 Å². The molecule has 0 bridgehead atoms. The summed E-state index contributed by atoms with van der Waals surface area (Å²) >= 11 is 5.95. The Morgan fingerprint density at radius 1 is 1.53 bits per heavy atom. The van der Waals surface area contributed by atoms with Crippen LogP contribution in [0.1, 0.15) is 23.7 Å². The van der Waals surface area contributed by atoms with Crippen LogP contribution in [0.4, 0.5) is 0 Å². The van der Waals surface area contributed by atoms with Gasteiger partial charge >= 0.3 is 0 Å². The van der Waals surface area contributed by atoms with Crippen LogP contribution in [-0.4, -0.2) is 11.5 Å². The first-order valence-corrected chi connectivity index (χ1v) is 6.19. The molecule has 3 heteroatoms. The van der Waals surface area contributed by atoms with Crippen molar-refractivity contribution in [2.45, 2.75) is 19.8 Å². The summed E-state index contributed by atoms with van der Waals surface area (Å²) < 4.78 is 0. The second-order valence-corrected chi connectivity index (χ2v) is 4.28. The van der Waals surface area contributed by atoms with Gasteiger partial charge in [0.15, 0.2) is 0 Å². The largest absolute Gasteiger partial charge is 0.361 e. The molecule has 0 spiro atoms. The molecular weight excluding hydrogens is 232 g/mol. The molecule has 17 heavy (non-hydrogen) atoms. The fourth-order valence-corrected chi connectivity index (χ4v) is 1.89. The van der Waals surface area contributed by atoms with Crippen LogP contribution < -0.4 is 5.73 Å². The van der Waals surface area contributed by atoms with Gasteiger partial charge in [0.05, 0.1) is 6.54 Å². The predicted molar refractivity (Wildman–Crippen MR) is 74.8 cm³/mol. The zero-order chi connectivity index (χ0) is 12.7. The molecule has 0 saturated heterocycles. The highest BCUT2D eigenvalue weighted by atomic mass is 35.5. The van der Waals surface area contributed by atoms with Crippen LogP contribution in [0.15, 0.2) is 36.0 Å². The number of hydrogen-bond acceptors (Lipinski definition) is 0. The highest BCUT2D eigenvalue weighted by molar-refractivity contribution is 6.31. The predicted octanol–water partition coefficient (Wildman–Crippen LogP) is 2.68. The molecule has 0 radical (unpaired) electrons. The molecule has 0 atom stereocenters. The van der Waals surface area contributed by atoms with Crippen LogP contribution in [0.5, 0.6) is 0 Å². The number of halogens is 1. The first-order chi connectivity index (χ1) is 8.22. The van der Waals surface area contributed by atoms with Crippen LogP contribution in [0, 0.1) is 0 Å². The topological polar surface area (TPSA) is 43.4 Å². The smallest absolute Gasteiger partial charge is 0.0781 e. The SMILES string of the molecule is C=CC.[NH3+]CCc1c[nH]c2c1CC=C(Cl)C=C2. The Morgan fingerprint density at radius 3 is 2.88 bits per heavy atom. The molecular formula is C14H20ClN2+. The minimum absolute atomic E-state index is 0.815. The number of aromatic nitrogens is 1. The molecule has 0 amide bonds. The summed E-state index contributed by atoms with van der Waals surface area (Å²) in [7, 11) is 0. The van der Waals surface area contributed by atoms with Gasteiger partial charge in [0.25, 0.3) is 0 Å². The Labute approximate surface area is 108 Å². The summed E-state index contributed by atoms with van der Waals surface area (Å²) in [6, 6.07) is 0. The molecule has 2 nitrogen and oxygen atoms in total. The van der Waals surface area contributed by atoms with E-state index in [0.717, 1.165) is 24.4 Å². The second kappa shape index (κ2) is 7.15. The van der Waals surface area contributed by atoms with E-state index in [4.69, 9.17) is 11.6 Å². The number of fused-ring (bicyclic) bond motifs is 1. The van der Waals surface area contributed by atoms with Crippen molar-refractivity contribution >= 4 is 17.7 Å². The van der Waals surface area contributed by atoms with Gasteiger partial charge in [0.1, 0.15) is 0 Å². The highest BCUT2D eigenvalue weighted by Crippen LogP contribution is 2.22. The Balaban J connectivity index is 0.000000437. The van der Waals surface area contributed by atoms with E-state index in [2.05, 4.69) is 23.5 Å². The maximum atomic E-state index is 5.95. The van der Waals surface area contributed by atoms with Gasteiger partial charge in [0.2, 0.25) is 0 Å². The second-order valence-electron chi connectivity index (χ2n) is 3.84. The molecule has 2 rings (SSSR count). The van der Waals surface area contributed by atoms with Crippen molar-refractivity contribution in [2.24, 2.45) is 0 Å². The molecule has 0 fully saturated rings. The van der Waals surface area contributed by atoms with Gasteiger partial charge in [-0.15, -0.1) is 6.58 Å². The first kappa shape index (κ1) is 13.8. The molecule has 1 aliphatic rings. The lowest BCUT2D eigenvalue weighted by Crippen LogP contribution is -2.51. The third-order valence-corrected chi connectivity index (χ3v) is 2.75. The van der Waals surface area contributed by atoms with Gasteiger partial charge in [0, 0.05) is 23.3 Å². The Morgan fingerprint density at radius 2 is 2.24 bits per heavy atom.